The number of H-pyrrole nitrogens is 1. The topological polar surface area (TPSA) is 75.2 Å². The van der Waals surface area contributed by atoms with Gasteiger partial charge in [-0.15, -0.1) is 0 Å². The molecule has 2 N–H and O–H groups in total. The molecule has 2 aliphatic carbocycles. The van der Waals surface area contributed by atoms with Gasteiger partial charge in [0.2, 0.25) is 0 Å². The summed E-state index contributed by atoms with van der Waals surface area (Å²) >= 11 is 0. The van der Waals surface area contributed by atoms with E-state index in [1.165, 1.54) is 25.0 Å². The fourth-order valence-electron chi connectivity index (χ4n) is 2.77. The van der Waals surface area contributed by atoms with Crippen LogP contribution < -0.4 is 10.2 Å². The van der Waals surface area contributed by atoms with Crippen molar-refractivity contribution in [1.82, 2.24) is 9.97 Å². The van der Waals surface area contributed by atoms with Crippen molar-refractivity contribution in [2.75, 3.05) is 0 Å². The molecule has 136 valence electrons. The van der Waals surface area contributed by atoms with E-state index in [1.807, 2.05) is 12.1 Å². The van der Waals surface area contributed by atoms with Crippen LogP contribution in [-0.2, 0) is 0 Å². The van der Waals surface area contributed by atoms with Gasteiger partial charge in [-0.25, -0.2) is 0 Å². The van der Waals surface area contributed by atoms with Gasteiger partial charge in [0.15, 0.2) is 5.43 Å². The van der Waals surface area contributed by atoms with Crippen molar-refractivity contribution < 1.29 is 9.84 Å². The zero-order chi connectivity index (χ0) is 18.1. The van der Waals surface area contributed by atoms with Gasteiger partial charge in [0.1, 0.15) is 5.75 Å². The number of pyridine rings is 2. The second kappa shape index (κ2) is 9.99. The molecule has 0 amide bonds. The molecular weight excluding hydrogens is 316 g/mol. The van der Waals surface area contributed by atoms with Crippen molar-refractivity contribution in [1.29, 1.82) is 0 Å². The van der Waals surface area contributed by atoms with Crippen LogP contribution in [0.3, 0.4) is 0 Å². The van der Waals surface area contributed by atoms with Gasteiger partial charge in [0.05, 0.1) is 12.2 Å². The molecule has 0 spiro atoms. The summed E-state index contributed by atoms with van der Waals surface area (Å²) in [5.74, 6) is 2.58. The van der Waals surface area contributed by atoms with Crippen LogP contribution in [0, 0.1) is 11.8 Å². The van der Waals surface area contributed by atoms with Gasteiger partial charge in [-0.2, -0.15) is 0 Å². The molecule has 0 radical (unpaired) electrons. The Kier molecular flexibility index (Phi) is 7.67. The Hall–Kier alpha value is -2.14. The smallest absolute Gasteiger partial charge is 0.181 e. The highest BCUT2D eigenvalue weighted by Crippen LogP contribution is 2.30. The van der Waals surface area contributed by atoms with Crippen LogP contribution in [0.15, 0.2) is 53.8 Å². The van der Waals surface area contributed by atoms with E-state index >= 15 is 0 Å². The summed E-state index contributed by atoms with van der Waals surface area (Å²) in [6, 6.07) is 6.76. The minimum atomic E-state index is 0.0405. The van der Waals surface area contributed by atoms with Crippen LogP contribution in [0.2, 0.25) is 0 Å². The van der Waals surface area contributed by atoms with Gasteiger partial charge < -0.3 is 14.8 Å². The fourth-order valence-corrected chi connectivity index (χ4v) is 2.77. The maximum Gasteiger partial charge on any atom is 0.181 e. The molecule has 0 unspecified atom stereocenters. The molecule has 2 aromatic heterocycles. The first-order valence-electron chi connectivity index (χ1n) is 8.90. The molecule has 0 aliphatic heterocycles. The van der Waals surface area contributed by atoms with Crippen LogP contribution in [0.1, 0.15) is 39.5 Å². The maximum atomic E-state index is 10.2. The van der Waals surface area contributed by atoms with Crippen LogP contribution in [-0.4, -0.2) is 27.3 Å². The Morgan fingerprint density at radius 1 is 1.00 bits per heavy atom. The van der Waals surface area contributed by atoms with E-state index in [4.69, 9.17) is 9.84 Å². The number of aromatic amines is 1. The third-order valence-corrected chi connectivity index (χ3v) is 4.32. The average Bonchev–Trinajstić information content (AvgIpc) is 2.55. The van der Waals surface area contributed by atoms with Crippen molar-refractivity contribution in [3.63, 3.8) is 0 Å². The third-order valence-electron chi connectivity index (χ3n) is 4.32. The lowest BCUT2D eigenvalue weighted by molar-refractivity contribution is 0.0513. The lowest BCUT2D eigenvalue weighted by Crippen LogP contribution is -2.31. The Bertz CT molecular complexity index is 624. The lowest BCUT2D eigenvalue weighted by atomic mass is 9.84. The van der Waals surface area contributed by atoms with Gasteiger partial charge in [0, 0.05) is 36.9 Å². The normalized spacial score (nSPS) is 26.5. The predicted molar refractivity (Wildman–Crippen MR) is 98.5 cm³/mol. The van der Waals surface area contributed by atoms with Crippen LogP contribution >= 0.6 is 0 Å². The van der Waals surface area contributed by atoms with Crippen LogP contribution in [0.4, 0.5) is 0 Å². The highest BCUT2D eigenvalue weighted by atomic mass is 16.5. The van der Waals surface area contributed by atoms with Crippen molar-refractivity contribution in [3.8, 4) is 5.75 Å². The molecule has 0 bridgehead atoms. The largest absolute Gasteiger partial charge is 0.490 e. The van der Waals surface area contributed by atoms with Gasteiger partial charge in [-0.1, -0.05) is 13.8 Å². The number of rotatable bonds is 2. The first kappa shape index (κ1) is 19.2. The van der Waals surface area contributed by atoms with E-state index in [0.29, 0.717) is 6.10 Å². The minimum Gasteiger partial charge on any atom is -0.490 e. The van der Waals surface area contributed by atoms with E-state index in [-0.39, 0.29) is 11.5 Å². The second-order valence-electron chi connectivity index (χ2n) is 6.97. The standard InChI is InChI=1S/C10H13NO.C5H5NO.C5H10O/c1-8-6-10(7-8)12-9-2-4-11-5-3-9;7-5-1-3-6-4-2-5;1-4-2-5(6)3-4/h2-5,8,10H,6-7H2,1H3;1-4H,(H,6,7);4-6H,2-3H2,1H3. The highest BCUT2D eigenvalue weighted by Gasteiger charge is 2.26. The lowest BCUT2D eigenvalue weighted by Gasteiger charge is -2.32. The average molecular weight is 344 g/mol. The quantitative estimate of drug-likeness (QED) is 0.875. The second-order valence-corrected chi connectivity index (χ2v) is 6.97. The Morgan fingerprint density at radius 3 is 1.92 bits per heavy atom. The number of nitrogens with one attached hydrogen (secondary N) is 1. The molecule has 2 saturated carbocycles. The first-order chi connectivity index (χ1) is 12.0. The van der Waals surface area contributed by atoms with Gasteiger partial charge in [-0.3, -0.25) is 9.78 Å². The zero-order valence-electron chi connectivity index (χ0n) is 15.0. The van der Waals surface area contributed by atoms with E-state index in [0.717, 1.165) is 30.4 Å². The maximum absolute atomic E-state index is 10.2. The number of ether oxygens (including phenoxy) is 1. The highest BCUT2D eigenvalue weighted by molar-refractivity contribution is 5.17. The number of aliphatic hydroxyl groups excluding tert-OH is 1. The first-order valence-corrected chi connectivity index (χ1v) is 8.90. The van der Waals surface area contributed by atoms with Gasteiger partial charge >= 0.3 is 0 Å². The summed E-state index contributed by atoms with van der Waals surface area (Å²) in [5, 5.41) is 8.62. The molecule has 4 rings (SSSR count). The molecule has 2 aliphatic rings. The Labute approximate surface area is 149 Å². The Balaban J connectivity index is 0.000000148. The van der Waals surface area contributed by atoms with Crippen molar-refractivity contribution >= 4 is 0 Å². The van der Waals surface area contributed by atoms with Crippen molar-refractivity contribution in [3.05, 3.63) is 59.3 Å². The van der Waals surface area contributed by atoms with E-state index in [2.05, 4.69) is 23.8 Å². The van der Waals surface area contributed by atoms with Gasteiger partial charge in [0.25, 0.3) is 0 Å². The zero-order valence-corrected chi connectivity index (χ0v) is 15.0. The molecule has 0 saturated heterocycles. The molecule has 5 nitrogen and oxygen atoms in total. The molecule has 2 aromatic rings. The summed E-state index contributed by atoms with van der Waals surface area (Å²) in [7, 11) is 0. The molecule has 0 atom stereocenters. The SMILES string of the molecule is CC1CC(O)C1.CC1CC(Oc2ccncc2)C1.O=c1cc[nH]cc1. The Morgan fingerprint density at radius 2 is 1.56 bits per heavy atom. The third kappa shape index (κ3) is 7.52. The summed E-state index contributed by atoms with van der Waals surface area (Å²) < 4.78 is 5.68. The van der Waals surface area contributed by atoms with E-state index < -0.39 is 0 Å². The number of aliphatic hydroxyl groups is 1. The molecular formula is C20H28N2O3. The number of hydrogen-bond donors (Lipinski definition) is 2. The number of aromatic nitrogens is 2. The van der Waals surface area contributed by atoms with Gasteiger partial charge in [-0.05, 0) is 49.7 Å². The molecule has 2 heterocycles. The monoisotopic (exact) mass is 344 g/mol. The number of hydrogen-bond acceptors (Lipinski definition) is 4. The van der Waals surface area contributed by atoms with E-state index in [1.54, 1.807) is 24.8 Å². The summed E-state index contributed by atoms with van der Waals surface area (Å²) in [6.07, 6.45) is 11.7. The van der Waals surface area contributed by atoms with Crippen LogP contribution in [0.25, 0.3) is 0 Å². The van der Waals surface area contributed by atoms with Crippen LogP contribution in [0.5, 0.6) is 5.75 Å². The molecule has 0 aromatic carbocycles. The predicted octanol–water partition coefficient (Wildman–Crippen LogP) is 3.41. The summed E-state index contributed by atoms with van der Waals surface area (Å²) in [5.41, 5.74) is 0.0405. The summed E-state index contributed by atoms with van der Waals surface area (Å²) in [4.78, 5) is 16.9. The minimum absolute atomic E-state index is 0.0405. The fraction of sp³-hybridized carbons (Fsp3) is 0.500. The van der Waals surface area contributed by atoms with Crippen molar-refractivity contribution in [2.45, 2.75) is 51.7 Å². The molecule has 5 heteroatoms. The van der Waals surface area contributed by atoms with Crippen molar-refractivity contribution in [2.24, 2.45) is 11.8 Å². The molecule has 2 fully saturated rings. The molecule has 25 heavy (non-hydrogen) atoms. The van der Waals surface area contributed by atoms with E-state index in [9.17, 15) is 4.79 Å². The summed E-state index contributed by atoms with van der Waals surface area (Å²) in [6.45, 7) is 4.42. The number of nitrogens with zero attached hydrogens (tertiary/aromatic N) is 1.